The summed E-state index contributed by atoms with van der Waals surface area (Å²) in [5.74, 6) is -0.151. The average Bonchev–Trinajstić information content (AvgIpc) is 2.46. The van der Waals surface area contributed by atoms with Crippen molar-refractivity contribution in [1.82, 2.24) is 4.90 Å². The molecule has 0 radical (unpaired) electrons. The molecule has 0 aromatic rings. The number of nitrogens with zero attached hydrogens (tertiary/aromatic N) is 1. The SMILES string of the molecule is NC(=O)C1CC2=CC=CCN2C1. The fourth-order valence-corrected chi connectivity index (χ4v) is 1.75. The van der Waals surface area contributed by atoms with E-state index in [4.69, 9.17) is 5.73 Å². The van der Waals surface area contributed by atoms with Gasteiger partial charge in [-0.2, -0.15) is 0 Å². The van der Waals surface area contributed by atoms with Crippen molar-refractivity contribution in [3.8, 4) is 0 Å². The highest BCUT2D eigenvalue weighted by Gasteiger charge is 2.29. The molecule has 2 heterocycles. The number of primary amides is 1. The van der Waals surface area contributed by atoms with Gasteiger partial charge in [0, 0.05) is 25.2 Å². The number of rotatable bonds is 1. The van der Waals surface area contributed by atoms with Crippen LogP contribution in [0.5, 0.6) is 0 Å². The van der Waals surface area contributed by atoms with Crippen LogP contribution in [-0.2, 0) is 4.79 Å². The molecule has 2 N–H and O–H groups in total. The van der Waals surface area contributed by atoms with E-state index >= 15 is 0 Å². The maximum Gasteiger partial charge on any atom is 0.222 e. The number of hydrogen-bond acceptors (Lipinski definition) is 2. The fraction of sp³-hybridized carbons (Fsp3) is 0.444. The Balaban J connectivity index is 2.12. The number of amides is 1. The Morgan fingerprint density at radius 3 is 3.17 bits per heavy atom. The van der Waals surface area contributed by atoms with Crippen molar-refractivity contribution in [2.24, 2.45) is 11.7 Å². The molecular weight excluding hydrogens is 152 g/mol. The van der Waals surface area contributed by atoms with E-state index < -0.39 is 0 Å². The molecule has 1 atom stereocenters. The molecule has 2 aliphatic heterocycles. The predicted octanol–water partition coefficient (Wildman–Crippen LogP) is 0.247. The third-order valence-corrected chi connectivity index (χ3v) is 2.46. The zero-order valence-corrected chi connectivity index (χ0v) is 6.86. The van der Waals surface area contributed by atoms with E-state index in [-0.39, 0.29) is 11.8 Å². The van der Waals surface area contributed by atoms with Crippen LogP contribution in [0.15, 0.2) is 23.9 Å². The molecule has 0 aliphatic carbocycles. The van der Waals surface area contributed by atoms with Crippen molar-refractivity contribution in [2.75, 3.05) is 13.1 Å². The van der Waals surface area contributed by atoms with Crippen molar-refractivity contribution < 1.29 is 4.79 Å². The first kappa shape index (κ1) is 7.40. The summed E-state index contributed by atoms with van der Waals surface area (Å²) in [6, 6.07) is 0. The van der Waals surface area contributed by atoms with Crippen LogP contribution in [0, 0.1) is 5.92 Å². The van der Waals surface area contributed by atoms with Gasteiger partial charge in [0.25, 0.3) is 0 Å². The molecule has 1 amide bonds. The third kappa shape index (κ3) is 1.11. The van der Waals surface area contributed by atoms with Crippen LogP contribution >= 0.6 is 0 Å². The first-order valence-corrected chi connectivity index (χ1v) is 4.17. The molecule has 2 rings (SSSR count). The number of carbonyl (C=O) groups is 1. The Morgan fingerprint density at radius 2 is 2.50 bits per heavy atom. The Kier molecular flexibility index (Phi) is 1.64. The fourth-order valence-electron chi connectivity index (χ4n) is 1.75. The van der Waals surface area contributed by atoms with Crippen LogP contribution in [0.2, 0.25) is 0 Å². The van der Waals surface area contributed by atoms with E-state index in [0.29, 0.717) is 0 Å². The van der Waals surface area contributed by atoms with Gasteiger partial charge in [0.1, 0.15) is 0 Å². The van der Waals surface area contributed by atoms with Gasteiger partial charge in [-0.15, -0.1) is 0 Å². The first-order valence-electron chi connectivity index (χ1n) is 4.17. The molecule has 1 unspecified atom stereocenters. The summed E-state index contributed by atoms with van der Waals surface area (Å²) >= 11 is 0. The van der Waals surface area contributed by atoms with Crippen LogP contribution in [0.1, 0.15) is 6.42 Å². The van der Waals surface area contributed by atoms with E-state index in [9.17, 15) is 4.79 Å². The maximum atomic E-state index is 10.9. The standard InChI is InChI=1S/C9H12N2O/c10-9(12)7-5-8-3-1-2-4-11(8)6-7/h1-3,7H,4-6H2,(H2,10,12). The second kappa shape index (κ2) is 2.66. The minimum atomic E-state index is -0.176. The second-order valence-corrected chi connectivity index (χ2v) is 3.29. The Morgan fingerprint density at radius 1 is 1.67 bits per heavy atom. The van der Waals surface area contributed by atoms with Crippen LogP contribution in [0.3, 0.4) is 0 Å². The Bertz CT molecular complexity index is 268. The molecule has 3 heteroatoms. The second-order valence-electron chi connectivity index (χ2n) is 3.29. The lowest BCUT2D eigenvalue weighted by atomic mass is 10.1. The van der Waals surface area contributed by atoms with Gasteiger partial charge in [0.15, 0.2) is 0 Å². The van der Waals surface area contributed by atoms with E-state index in [2.05, 4.69) is 17.1 Å². The summed E-state index contributed by atoms with van der Waals surface area (Å²) in [4.78, 5) is 13.1. The molecule has 0 aromatic heterocycles. The van der Waals surface area contributed by atoms with Crippen LogP contribution < -0.4 is 5.73 Å². The van der Waals surface area contributed by atoms with Gasteiger partial charge in [0.05, 0.1) is 5.92 Å². The maximum absolute atomic E-state index is 10.9. The molecule has 1 saturated heterocycles. The molecular formula is C9H12N2O. The highest BCUT2D eigenvalue weighted by molar-refractivity contribution is 5.77. The summed E-state index contributed by atoms with van der Waals surface area (Å²) in [7, 11) is 0. The molecule has 3 nitrogen and oxygen atoms in total. The molecule has 64 valence electrons. The Hall–Kier alpha value is -1.25. The molecule has 12 heavy (non-hydrogen) atoms. The first-order chi connectivity index (χ1) is 5.77. The summed E-state index contributed by atoms with van der Waals surface area (Å²) < 4.78 is 0. The number of nitrogens with two attached hydrogens (primary N) is 1. The van der Waals surface area contributed by atoms with Gasteiger partial charge >= 0.3 is 0 Å². The van der Waals surface area contributed by atoms with Crippen molar-refractivity contribution >= 4 is 5.91 Å². The van der Waals surface area contributed by atoms with Gasteiger partial charge in [-0.25, -0.2) is 0 Å². The molecule has 0 spiro atoms. The number of allylic oxidation sites excluding steroid dienone is 3. The van der Waals surface area contributed by atoms with Gasteiger partial charge in [-0.3, -0.25) is 4.79 Å². The van der Waals surface area contributed by atoms with Crippen molar-refractivity contribution in [1.29, 1.82) is 0 Å². The van der Waals surface area contributed by atoms with Gasteiger partial charge in [-0.1, -0.05) is 12.2 Å². The summed E-state index contributed by atoms with van der Waals surface area (Å²) in [6.07, 6.45) is 7.01. The number of carbonyl (C=O) groups excluding carboxylic acids is 1. The van der Waals surface area contributed by atoms with Gasteiger partial charge in [-0.05, 0) is 6.08 Å². The zero-order chi connectivity index (χ0) is 8.55. The van der Waals surface area contributed by atoms with E-state index in [1.807, 2.05) is 6.08 Å². The molecule has 2 aliphatic rings. The highest BCUT2D eigenvalue weighted by atomic mass is 16.1. The van der Waals surface area contributed by atoms with E-state index in [1.165, 1.54) is 5.70 Å². The quantitative estimate of drug-likeness (QED) is 0.603. The molecule has 1 fully saturated rings. The summed E-state index contributed by atoms with van der Waals surface area (Å²) in [6.45, 7) is 1.72. The monoisotopic (exact) mass is 164 g/mol. The zero-order valence-electron chi connectivity index (χ0n) is 6.86. The van der Waals surface area contributed by atoms with Crippen molar-refractivity contribution in [2.45, 2.75) is 6.42 Å². The average molecular weight is 164 g/mol. The van der Waals surface area contributed by atoms with Crippen LogP contribution in [0.4, 0.5) is 0 Å². The minimum Gasteiger partial charge on any atom is -0.370 e. The van der Waals surface area contributed by atoms with Gasteiger partial charge in [0.2, 0.25) is 5.91 Å². The number of fused-ring (bicyclic) bond motifs is 1. The van der Waals surface area contributed by atoms with Crippen molar-refractivity contribution in [3.63, 3.8) is 0 Å². The largest absolute Gasteiger partial charge is 0.370 e. The lowest BCUT2D eigenvalue weighted by Crippen LogP contribution is -2.27. The molecule has 0 aromatic carbocycles. The minimum absolute atomic E-state index is 0.0242. The molecule has 0 bridgehead atoms. The lowest BCUT2D eigenvalue weighted by molar-refractivity contribution is -0.121. The van der Waals surface area contributed by atoms with Crippen molar-refractivity contribution in [3.05, 3.63) is 23.9 Å². The van der Waals surface area contributed by atoms with Crippen LogP contribution in [0.25, 0.3) is 0 Å². The van der Waals surface area contributed by atoms with Gasteiger partial charge < -0.3 is 10.6 Å². The topological polar surface area (TPSA) is 46.3 Å². The highest BCUT2D eigenvalue weighted by Crippen LogP contribution is 2.27. The predicted molar refractivity (Wildman–Crippen MR) is 46.1 cm³/mol. The third-order valence-electron chi connectivity index (χ3n) is 2.46. The van der Waals surface area contributed by atoms with E-state index in [0.717, 1.165) is 19.5 Å². The number of hydrogen-bond donors (Lipinski definition) is 1. The van der Waals surface area contributed by atoms with E-state index in [1.54, 1.807) is 0 Å². The summed E-state index contributed by atoms with van der Waals surface area (Å²) in [5, 5.41) is 0. The normalized spacial score (nSPS) is 26.8. The summed E-state index contributed by atoms with van der Waals surface area (Å²) in [5.41, 5.74) is 6.49. The lowest BCUT2D eigenvalue weighted by Gasteiger charge is -2.19. The van der Waals surface area contributed by atoms with Crippen LogP contribution in [-0.4, -0.2) is 23.9 Å². The molecule has 0 saturated carbocycles. The Labute approximate surface area is 71.5 Å². The smallest absolute Gasteiger partial charge is 0.222 e.